The van der Waals surface area contributed by atoms with Gasteiger partial charge in [-0.05, 0) is 23.8 Å². The summed E-state index contributed by atoms with van der Waals surface area (Å²) < 4.78 is 47.1. The number of carboxylic acid groups (broad SMARTS) is 1. The third-order valence-electron chi connectivity index (χ3n) is 4.06. The molecule has 0 bridgehead atoms. The fourth-order valence-corrected chi connectivity index (χ4v) is 2.96. The van der Waals surface area contributed by atoms with Gasteiger partial charge in [-0.1, -0.05) is 24.8 Å². The summed E-state index contributed by atoms with van der Waals surface area (Å²) in [4.78, 5) is 24.1. The predicted octanol–water partition coefficient (Wildman–Crippen LogP) is 4.11. The number of hydrogen-bond acceptors (Lipinski definition) is 4. The topological polar surface area (TPSA) is 84.9 Å². The van der Waals surface area contributed by atoms with Crippen LogP contribution in [0.25, 0.3) is 6.08 Å². The number of halogens is 3. The first kappa shape index (κ1) is 19.3. The van der Waals surface area contributed by atoms with Crippen LogP contribution in [0.1, 0.15) is 31.8 Å². The van der Waals surface area contributed by atoms with Gasteiger partial charge in [0.25, 0.3) is 5.91 Å². The minimum absolute atomic E-state index is 0.0438. The number of rotatable bonds is 5. The minimum Gasteiger partial charge on any atom is -0.491 e. The average molecular weight is 393 g/mol. The highest BCUT2D eigenvalue weighted by molar-refractivity contribution is 6.08. The molecule has 0 aliphatic carbocycles. The van der Waals surface area contributed by atoms with Crippen molar-refractivity contribution >= 4 is 23.6 Å². The molecule has 0 saturated carbocycles. The van der Waals surface area contributed by atoms with Crippen molar-refractivity contribution in [1.82, 2.24) is 0 Å². The maximum atomic E-state index is 12.6. The number of carbonyl (C=O) groups excluding carboxylic acids is 1. The summed E-state index contributed by atoms with van der Waals surface area (Å²) in [5.74, 6) is -2.55. The summed E-state index contributed by atoms with van der Waals surface area (Å²) in [6, 6.07) is 6.03. The van der Waals surface area contributed by atoms with Crippen molar-refractivity contribution in [2.45, 2.75) is 12.8 Å². The quantitative estimate of drug-likeness (QED) is 0.799. The van der Waals surface area contributed by atoms with Gasteiger partial charge in [0, 0.05) is 12.0 Å². The number of benzene rings is 2. The monoisotopic (exact) mass is 393 g/mol. The van der Waals surface area contributed by atoms with E-state index < -0.39 is 24.0 Å². The fraction of sp³-hybridized carbons (Fsp3) is 0.158. The van der Waals surface area contributed by atoms with Crippen LogP contribution in [0.5, 0.6) is 11.5 Å². The molecule has 1 heterocycles. The molecule has 6 nitrogen and oxygen atoms in total. The third-order valence-corrected chi connectivity index (χ3v) is 4.06. The molecule has 0 radical (unpaired) electrons. The Morgan fingerprint density at radius 3 is 2.61 bits per heavy atom. The third kappa shape index (κ3) is 3.78. The zero-order valence-electron chi connectivity index (χ0n) is 14.3. The van der Waals surface area contributed by atoms with E-state index in [0.29, 0.717) is 17.5 Å². The van der Waals surface area contributed by atoms with E-state index in [1.54, 1.807) is 0 Å². The van der Waals surface area contributed by atoms with Crippen molar-refractivity contribution in [3.8, 4) is 11.5 Å². The van der Waals surface area contributed by atoms with Gasteiger partial charge in [-0.15, -0.1) is 13.2 Å². The van der Waals surface area contributed by atoms with Crippen LogP contribution >= 0.6 is 0 Å². The first-order valence-electron chi connectivity index (χ1n) is 8.06. The molecule has 146 valence electrons. The first-order chi connectivity index (χ1) is 13.2. The van der Waals surface area contributed by atoms with E-state index in [9.17, 15) is 27.9 Å². The van der Waals surface area contributed by atoms with Crippen LogP contribution in [-0.2, 0) is 6.42 Å². The second-order valence-electron chi connectivity index (χ2n) is 5.80. The molecule has 2 aromatic carbocycles. The van der Waals surface area contributed by atoms with E-state index in [1.807, 2.05) is 0 Å². The Morgan fingerprint density at radius 1 is 1.25 bits per heavy atom. The van der Waals surface area contributed by atoms with Crippen LogP contribution in [0.3, 0.4) is 0 Å². The maximum absolute atomic E-state index is 12.6. The number of ether oxygens (including phenoxy) is 2. The van der Waals surface area contributed by atoms with Crippen LogP contribution in [0.4, 0.5) is 18.9 Å². The standard InChI is InChI=1S/C19H14F3NO5/c1-2-10-11-7-8-27-16(11)14(9-13(10)18(25)26)23-17(24)12-5-3-4-6-15(12)28-19(20,21)22/h2-6,9H,1,7-8H2,(H,23,24)(H,25,26). The summed E-state index contributed by atoms with van der Waals surface area (Å²) in [5, 5.41) is 11.9. The number of hydrogen-bond donors (Lipinski definition) is 2. The van der Waals surface area contributed by atoms with Gasteiger partial charge in [-0.3, -0.25) is 4.79 Å². The van der Waals surface area contributed by atoms with Crippen LogP contribution in [0, 0.1) is 0 Å². The Balaban J connectivity index is 2.01. The number of aromatic carboxylic acids is 1. The van der Waals surface area contributed by atoms with E-state index in [2.05, 4.69) is 16.6 Å². The molecule has 28 heavy (non-hydrogen) atoms. The first-order valence-corrected chi connectivity index (χ1v) is 8.06. The largest absolute Gasteiger partial charge is 0.573 e. The predicted molar refractivity (Wildman–Crippen MR) is 93.8 cm³/mol. The van der Waals surface area contributed by atoms with Gasteiger partial charge in [0.2, 0.25) is 0 Å². The molecular formula is C19H14F3NO5. The normalized spacial score (nSPS) is 12.7. The average Bonchev–Trinajstić information content (AvgIpc) is 3.10. The van der Waals surface area contributed by atoms with Crippen molar-refractivity contribution in [3.05, 3.63) is 59.2 Å². The lowest BCUT2D eigenvalue weighted by Gasteiger charge is -2.16. The van der Waals surface area contributed by atoms with Crippen LogP contribution in [-0.4, -0.2) is 30.0 Å². The molecule has 0 spiro atoms. The maximum Gasteiger partial charge on any atom is 0.573 e. The van der Waals surface area contributed by atoms with E-state index in [1.165, 1.54) is 24.3 Å². The van der Waals surface area contributed by atoms with E-state index >= 15 is 0 Å². The van der Waals surface area contributed by atoms with Crippen molar-refractivity contribution < 1.29 is 37.3 Å². The minimum atomic E-state index is -4.97. The number of carboxylic acids is 1. The number of nitrogens with one attached hydrogen (secondary N) is 1. The molecule has 1 aliphatic rings. The Morgan fingerprint density at radius 2 is 1.96 bits per heavy atom. The molecule has 2 N–H and O–H groups in total. The molecule has 3 rings (SSSR count). The second-order valence-corrected chi connectivity index (χ2v) is 5.80. The summed E-state index contributed by atoms with van der Waals surface area (Å²) >= 11 is 0. The molecule has 1 amide bonds. The van der Waals surface area contributed by atoms with Crippen LogP contribution in [0.15, 0.2) is 36.9 Å². The summed E-state index contributed by atoms with van der Waals surface area (Å²) in [6.45, 7) is 3.88. The Bertz CT molecular complexity index is 969. The number of carbonyl (C=O) groups is 2. The zero-order valence-corrected chi connectivity index (χ0v) is 14.3. The molecule has 1 aliphatic heterocycles. The molecule has 2 aromatic rings. The fourth-order valence-electron chi connectivity index (χ4n) is 2.96. The molecule has 0 saturated heterocycles. The summed E-state index contributed by atoms with van der Waals surface area (Å²) in [5.41, 5.74) is 0.511. The Hall–Kier alpha value is -3.49. The molecule has 0 atom stereocenters. The zero-order chi connectivity index (χ0) is 20.5. The van der Waals surface area contributed by atoms with Gasteiger partial charge >= 0.3 is 12.3 Å². The van der Waals surface area contributed by atoms with Crippen molar-refractivity contribution in [1.29, 1.82) is 0 Å². The van der Waals surface area contributed by atoms with Gasteiger partial charge in [-0.25, -0.2) is 4.79 Å². The van der Waals surface area contributed by atoms with E-state index in [-0.39, 0.29) is 29.2 Å². The lowest BCUT2D eigenvalue weighted by Crippen LogP contribution is -2.21. The van der Waals surface area contributed by atoms with Gasteiger partial charge in [0.15, 0.2) is 0 Å². The van der Waals surface area contributed by atoms with Crippen LogP contribution in [0.2, 0.25) is 0 Å². The SMILES string of the molecule is C=Cc1c(C(=O)O)cc(NC(=O)c2ccccc2OC(F)(F)F)c2c1CCO2. The highest BCUT2D eigenvalue weighted by Gasteiger charge is 2.33. The van der Waals surface area contributed by atoms with Crippen molar-refractivity contribution in [3.63, 3.8) is 0 Å². The number of amides is 1. The Kier molecular flexibility index (Phi) is 5.00. The van der Waals surface area contributed by atoms with Gasteiger partial charge in [-0.2, -0.15) is 0 Å². The lowest BCUT2D eigenvalue weighted by molar-refractivity contribution is -0.274. The lowest BCUT2D eigenvalue weighted by atomic mass is 9.97. The van der Waals surface area contributed by atoms with Crippen LogP contribution < -0.4 is 14.8 Å². The highest BCUT2D eigenvalue weighted by atomic mass is 19.4. The second kappa shape index (κ2) is 7.26. The molecule has 0 aromatic heterocycles. The van der Waals surface area contributed by atoms with Crippen molar-refractivity contribution in [2.24, 2.45) is 0 Å². The molecule has 9 heteroatoms. The number of alkyl halides is 3. The van der Waals surface area contributed by atoms with E-state index in [0.717, 1.165) is 12.1 Å². The number of anilines is 1. The molecular weight excluding hydrogens is 379 g/mol. The number of fused-ring (bicyclic) bond motifs is 1. The van der Waals surface area contributed by atoms with Gasteiger partial charge < -0.3 is 19.9 Å². The van der Waals surface area contributed by atoms with Crippen molar-refractivity contribution in [2.75, 3.05) is 11.9 Å². The molecule has 0 fully saturated rings. The smallest absolute Gasteiger partial charge is 0.491 e. The van der Waals surface area contributed by atoms with Gasteiger partial charge in [0.05, 0.1) is 23.4 Å². The van der Waals surface area contributed by atoms with Gasteiger partial charge in [0.1, 0.15) is 11.5 Å². The molecule has 0 unspecified atom stereocenters. The summed E-state index contributed by atoms with van der Waals surface area (Å²) in [7, 11) is 0. The Labute approximate surface area is 157 Å². The highest BCUT2D eigenvalue weighted by Crippen LogP contribution is 2.39. The summed E-state index contributed by atoms with van der Waals surface area (Å²) in [6.07, 6.45) is -3.17. The number of para-hydroxylation sites is 1. The van der Waals surface area contributed by atoms with E-state index in [4.69, 9.17) is 4.74 Å².